The molecule has 0 spiro atoms. The van der Waals surface area contributed by atoms with Crippen LogP contribution in [0.1, 0.15) is 52.7 Å². The van der Waals surface area contributed by atoms with E-state index in [1.54, 1.807) is 0 Å². The van der Waals surface area contributed by atoms with Crippen LogP contribution >= 0.6 is 11.8 Å². The molecule has 0 saturated carbocycles. The Morgan fingerprint density at radius 3 is 1.54 bits per heavy atom. The van der Waals surface area contributed by atoms with Gasteiger partial charge < -0.3 is 0 Å². The lowest BCUT2D eigenvalue weighted by molar-refractivity contribution is 0.590. The average molecular weight is 554 g/mol. The summed E-state index contributed by atoms with van der Waals surface area (Å²) >= 11 is 1.82. The Hall–Kier alpha value is -4.02. The lowest BCUT2D eigenvalue weighted by atomic mass is 9.85. The number of benzene rings is 4. The van der Waals surface area contributed by atoms with Crippen LogP contribution in [0.3, 0.4) is 0 Å². The molecule has 2 aromatic heterocycles. The highest BCUT2D eigenvalue weighted by Crippen LogP contribution is 2.50. The highest BCUT2D eigenvalue weighted by atomic mass is 32.2. The lowest BCUT2D eigenvalue weighted by Crippen LogP contribution is -2.16. The van der Waals surface area contributed by atoms with E-state index in [0.717, 1.165) is 23.0 Å². The topological polar surface area (TPSA) is 21.1 Å². The fourth-order valence-corrected chi connectivity index (χ4v) is 6.87. The van der Waals surface area contributed by atoms with Crippen LogP contribution in [0, 0.1) is 0 Å². The van der Waals surface area contributed by atoms with E-state index in [1.807, 2.05) is 11.8 Å². The number of hydrogen-bond donors (Lipinski definition) is 0. The quantitative estimate of drug-likeness (QED) is 0.212. The van der Waals surface area contributed by atoms with Crippen molar-refractivity contribution in [2.45, 2.75) is 62.2 Å². The summed E-state index contributed by atoms with van der Waals surface area (Å²) in [5.74, 6) is 1.83. The maximum Gasteiger partial charge on any atom is 0.140 e. The largest absolute Gasteiger partial charge is 0.294 e. The molecular weight excluding hydrogens is 518 g/mol. The van der Waals surface area contributed by atoms with Crippen LogP contribution in [-0.4, -0.2) is 9.55 Å². The molecule has 0 radical (unpaired) electrons. The summed E-state index contributed by atoms with van der Waals surface area (Å²) in [5.41, 5.74) is 7.49. The Labute approximate surface area is 246 Å². The third-order valence-corrected chi connectivity index (χ3v) is 9.24. The van der Waals surface area contributed by atoms with Crippen molar-refractivity contribution in [2.24, 2.45) is 0 Å². The summed E-state index contributed by atoms with van der Waals surface area (Å²) in [6.07, 6.45) is 0. The van der Waals surface area contributed by atoms with Crippen molar-refractivity contribution < 1.29 is 0 Å². The first-order valence-electron chi connectivity index (χ1n) is 14.3. The summed E-state index contributed by atoms with van der Waals surface area (Å²) < 4.78 is 2.34. The molecule has 3 nitrogen and oxygen atoms in total. The minimum atomic E-state index is 0.0650. The molecule has 204 valence electrons. The number of anilines is 3. The van der Waals surface area contributed by atoms with E-state index >= 15 is 0 Å². The number of pyridine rings is 1. The molecule has 4 aromatic carbocycles. The third kappa shape index (κ3) is 4.33. The van der Waals surface area contributed by atoms with Gasteiger partial charge in [0, 0.05) is 20.6 Å². The van der Waals surface area contributed by atoms with Crippen molar-refractivity contribution in [3.05, 3.63) is 114 Å². The molecule has 0 unspecified atom stereocenters. The number of fused-ring (bicyclic) bond motifs is 5. The van der Waals surface area contributed by atoms with Crippen LogP contribution in [0.2, 0.25) is 0 Å². The minimum Gasteiger partial charge on any atom is -0.294 e. The van der Waals surface area contributed by atoms with E-state index in [-0.39, 0.29) is 10.8 Å². The van der Waals surface area contributed by atoms with Crippen LogP contribution in [0.25, 0.3) is 27.6 Å². The molecule has 3 heterocycles. The van der Waals surface area contributed by atoms with Crippen LogP contribution in [0.4, 0.5) is 17.2 Å². The predicted octanol–water partition coefficient (Wildman–Crippen LogP) is 10.7. The highest BCUT2D eigenvalue weighted by Gasteiger charge is 2.26. The van der Waals surface area contributed by atoms with Crippen molar-refractivity contribution in [3.8, 4) is 5.82 Å². The fourth-order valence-electron chi connectivity index (χ4n) is 5.82. The number of para-hydroxylation sites is 2. The smallest absolute Gasteiger partial charge is 0.140 e. The Morgan fingerprint density at radius 1 is 0.537 bits per heavy atom. The summed E-state index contributed by atoms with van der Waals surface area (Å²) in [4.78, 5) is 10.1. The van der Waals surface area contributed by atoms with Crippen LogP contribution < -0.4 is 4.90 Å². The second-order valence-corrected chi connectivity index (χ2v) is 14.1. The zero-order valence-electron chi connectivity index (χ0n) is 24.6. The Balaban J connectivity index is 1.47. The summed E-state index contributed by atoms with van der Waals surface area (Å²) in [6, 6.07) is 37.5. The van der Waals surface area contributed by atoms with Gasteiger partial charge in [0.15, 0.2) is 0 Å². The van der Waals surface area contributed by atoms with Gasteiger partial charge in [-0.2, -0.15) is 0 Å². The van der Waals surface area contributed by atoms with Crippen molar-refractivity contribution >= 4 is 50.8 Å². The molecular formula is C37H35N3S. The second kappa shape index (κ2) is 9.25. The lowest BCUT2D eigenvalue weighted by Gasteiger charge is -2.32. The van der Waals surface area contributed by atoms with Gasteiger partial charge in [0.05, 0.1) is 22.4 Å². The van der Waals surface area contributed by atoms with Crippen molar-refractivity contribution in [3.63, 3.8) is 0 Å². The molecule has 0 aliphatic carbocycles. The Kier molecular flexibility index (Phi) is 5.85. The first-order valence-corrected chi connectivity index (χ1v) is 15.1. The molecule has 4 heteroatoms. The maximum atomic E-state index is 5.36. The van der Waals surface area contributed by atoms with Gasteiger partial charge in [0.25, 0.3) is 0 Å². The van der Waals surface area contributed by atoms with E-state index in [0.29, 0.717) is 0 Å². The normalized spacial score (nSPS) is 13.5. The molecule has 0 atom stereocenters. The number of rotatable bonds is 2. The maximum absolute atomic E-state index is 5.36. The average Bonchev–Trinajstić information content (AvgIpc) is 3.28. The number of aromatic nitrogens is 2. The van der Waals surface area contributed by atoms with Crippen molar-refractivity contribution in [1.82, 2.24) is 9.55 Å². The van der Waals surface area contributed by atoms with Gasteiger partial charge in [0.2, 0.25) is 0 Å². The first kappa shape index (κ1) is 25.9. The Bertz CT molecular complexity index is 1840. The Morgan fingerprint density at radius 2 is 1.02 bits per heavy atom. The first-order chi connectivity index (χ1) is 19.6. The number of nitrogens with zero attached hydrogens (tertiary/aromatic N) is 3. The van der Waals surface area contributed by atoms with Gasteiger partial charge in [-0.3, -0.25) is 9.47 Å². The minimum absolute atomic E-state index is 0.0650. The van der Waals surface area contributed by atoms with Gasteiger partial charge in [0.1, 0.15) is 11.6 Å². The predicted molar refractivity (Wildman–Crippen MR) is 175 cm³/mol. The van der Waals surface area contributed by atoms with E-state index < -0.39 is 0 Å². The second-order valence-electron chi connectivity index (χ2n) is 13.0. The summed E-state index contributed by atoms with van der Waals surface area (Å²) in [7, 11) is 0. The summed E-state index contributed by atoms with van der Waals surface area (Å²) in [6.45, 7) is 13.7. The molecule has 1 aliphatic rings. The molecule has 41 heavy (non-hydrogen) atoms. The van der Waals surface area contributed by atoms with Crippen molar-refractivity contribution in [2.75, 3.05) is 4.90 Å². The molecule has 1 aliphatic heterocycles. The van der Waals surface area contributed by atoms with E-state index in [9.17, 15) is 0 Å². The van der Waals surface area contributed by atoms with Gasteiger partial charge in [-0.1, -0.05) is 95.8 Å². The van der Waals surface area contributed by atoms with Crippen LogP contribution in [0.15, 0.2) is 113 Å². The van der Waals surface area contributed by atoms with Gasteiger partial charge in [-0.25, -0.2) is 4.98 Å². The van der Waals surface area contributed by atoms with E-state index in [4.69, 9.17) is 4.98 Å². The SMILES string of the molecule is CC(C)(C)c1ccc2c(c1)c1cc(C(C)(C)C)ccc1n2-c1cccc(N2c3ccccc3Sc3ccccc32)n1. The monoisotopic (exact) mass is 553 g/mol. The van der Waals surface area contributed by atoms with Gasteiger partial charge in [-0.15, -0.1) is 0 Å². The van der Waals surface area contributed by atoms with Crippen molar-refractivity contribution in [1.29, 1.82) is 0 Å². The molecule has 6 aromatic rings. The zero-order chi connectivity index (χ0) is 28.5. The molecule has 0 fully saturated rings. The molecule has 0 saturated heterocycles. The van der Waals surface area contributed by atoms with E-state index in [2.05, 4.69) is 154 Å². The zero-order valence-corrected chi connectivity index (χ0v) is 25.4. The standard InChI is InChI=1S/C37H35N3S/c1-36(2,3)24-18-20-28-26(22-24)27-23-25(37(4,5)6)19-21-29(27)39(28)34-16-11-17-35(38-34)40-30-12-7-9-14-32(30)41-33-15-10-8-13-31(33)40/h7-23H,1-6H3. The number of hydrogen-bond acceptors (Lipinski definition) is 3. The molecule has 7 rings (SSSR count). The summed E-state index contributed by atoms with van der Waals surface area (Å²) in [5, 5.41) is 2.55. The third-order valence-electron chi connectivity index (χ3n) is 8.11. The van der Waals surface area contributed by atoms with Gasteiger partial charge >= 0.3 is 0 Å². The molecule has 0 N–H and O–H groups in total. The molecule has 0 bridgehead atoms. The van der Waals surface area contributed by atoms with Crippen LogP contribution in [-0.2, 0) is 10.8 Å². The molecule has 0 amide bonds. The van der Waals surface area contributed by atoms with E-state index in [1.165, 1.54) is 42.7 Å². The highest BCUT2D eigenvalue weighted by molar-refractivity contribution is 7.99. The van der Waals surface area contributed by atoms with Gasteiger partial charge in [-0.05, 0) is 82.6 Å². The fraction of sp³-hybridized carbons (Fsp3) is 0.216. The van der Waals surface area contributed by atoms with Crippen LogP contribution in [0.5, 0.6) is 0 Å².